The van der Waals surface area contributed by atoms with Crippen molar-refractivity contribution in [2.45, 2.75) is 19.8 Å². The van der Waals surface area contributed by atoms with Gasteiger partial charge in [-0.2, -0.15) is 0 Å². The van der Waals surface area contributed by atoms with Crippen LogP contribution in [0.1, 0.15) is 25.3 Å². The van der Waals surface area contributed by atoms with Gasteiger partial charge in [-0.25, -0.2) is 0 Å². The zero-order valence-electron chi connectivity index (χ0n) is 9.57. The summed E-state index contributed by atoms with van der Waals surface area (Å²) in [5.74, 6) is 0.570. The Morgan fingerprint density at radius 1 is 0.875 bits per heavy atom. The fourth-order valence-corrected chi connectivity index (χ4v) is 1.99. The van der Waals surface area contributed by atoms with Crippen molar-refractivity contribution in [1.29, 1.82) is 0 Å². The predicted molar refractivity (Wildman–Crippen MR) is 71.0 cm³/mol. The van der Waals surface area contributed by atoms with Crippen molar-refractivity contribution in [3.8, 4) is 11.1 Å². The molecule has 0 saturated carbocycles. The van der Waals surface area contributed by atoms with Gasteiger partial charge in [0, 0.05) is 10.6 Å². The van der Waals surface area contributed by atoms with E-state index in [4.69, 9.17) is 11.6 Å². The molecule has 0 nitrogen and oxygen atoms in total. The van der Waals surface area contributed by atoms with Crippen molar-refractivity contribution >= 4 is 11.6 Å². The lowest BCUT2D eigenvalue weighted by Crippen LogP contribution is -1.86. The molecule has 0 radical (unpaired) electrons. The zero-order chi connectivity index (χ0) is 11.5. The van der Waals surface area contributed by atoms with Gasteiger partial charge in [-0.05, 0) is 23.1 Å². The summed E-state index contributed by atoms with van der Waals surface area (Å²) in [5.41, 5.74) is 3.63. The molecule has 2 rings (SSSR count). The summed E-state index contributed by atoms with van der Waals surface area (Å²) >= 11 is 6.16. The van der Waals surface area contributed by atoms with Gasteiger partial charge in [-0.3, -0.25) is 0 Å². The Kier molecular flexibility index (Phi) is 3.31. The van der Waals surface area contributed by atoms with E-state index in [1.165, 1.54) is 11.1 Å². The van der Waals surface area contributed by atoms with Gasteiger partial charge in [0.15, 0.2) is 0 Å². The third-order valence-corrected chi connectivity index (χ3v) is 3.09. The molecule has 2 aromatic carbocycles. The standard InChI is InChI=1S/C15H15Cl/c1-11(2)12-7-9-13(10-8-12)14-5-3-4-6-15(14)16/h3-11H,1-2H3. The van der Waals surface area contributed by atoms with Gasteiger partial charge in [0.25, 0.3) is 0 Å². The number of hydrogen-bond donors (Lipinski definition) is 0. The molecule has 0 aliphatic rings. The van der Waals surface area contributed by atoms with Crippen LogP contribution in [-0.4, -0.2) is 0 Å². The Morgan fingerprint density at radius 3 is 2.06 bits per heavy atom. The second-order valence-corrected chi connectivity index (χ2v) is 4.66. The Labute approximate surface area is 102 Å². The molecule has 1 heteroatoms. The van der Waals surface area contributed by atoms with Crippen LogP contribution in [0.4, 0.5) is 0 Å². The third kappa shape index (κ3) is 2.28. The van der Waals surface area contributed by atoms with Crippen LogP contribution in [0, 0.1) is 0 Å². The maximum absolute atomic E-state index is 6.16. The van der Waals surface area contributed by atoms with Gasteiger partial charge >= 0.3 is 0 Å². The van der Waals surface area contributed by atoms with Gasteiger partial charge in [-0.15, -0.1) is 0 Å². The molecule has 2 aromatic rings. The van der Waals surface area contributed by atoms with Crippen LogP contribution in [0.5, 0.6) is 0 Å². The third-order valence-electron chi connectivity index (χ3n) is 2.76. The van der Waals surface area contributed by atoms with E-state index in [1.54, 1.807) is 0 Å². The normalized spacial score (nSPS) is 10.8. The van der Waals surface area contributed by atoms with E-state index in [0.29, 0.717) is 5.92 Å². The molecule has 0 heterocycles. The van der Waals surface area contributed by atoms with E-state index in [9.17, 15) is 0 Å². The minimum Gasteiger partial charge on any atom is -0.0837 e. The molecule has 0 amide bonds. The highest BCUT2D eigenvalue weighted by Crippen LogP contribution is 2.28. The largest absolute Gasteiger partial charge is 0.0837 e. The van der Waals surface area contributed by atoms with Crippen molar-refractivity contribution in [2.75, 3.05) is 0 Å². The molecule has 0 N–H and O–H groups in total. The van der Waals surface area contributed by atoms with Crippen molar-refractivity contribution in [1.82, 2.24) is 0 Å². The van der Waals surface area contributed by atoms with Crippen molar-refractivity contribution in [2.24, 2.45) is 0 Å². The van der Waals surface area contributed by atoms with Gasteiger partial charge in [0.05, 0.1) is 0 Å². The van der Waals surface area contributed by atoms with Crippen LogP contribution in [0.15, 0.2) is 48.5 Å². The molecule has 0 fully saturated rings. The van der Waals surface area contributed by atoms with Gasteiger partial charge < -0.3 is 0 Å². The van der Waals surface area contributed by atoms with Crippen molar-refractivity contribution < 1.29 is 0 Å². The highest BCUT2D eigenvalue weighted by atomic mass is 35.5. The lowest BCUT2D eigenvalue weighted by atomic mass is 9.99. The summed E-state index contributed by atoms with van der Waals surface area (Å²) in [4.78, 5) is 0. The van der Waals surface area contributed by atoms with Crippen LogP contribution in [0.2, 0.25) is 5.02 Å². The number of hydrogen-bond acceptors (Lipinski definition) is 0. The number of halogens is 1. The SMILES string of the molecule is CC(C)c1ccc(-c2ccccc2Cl)cc1. The van der Waals surface area contributed by atoms with Gasteiger partial charge in [0.1, 0.15) is 0 Å². The average Bonchev–Trinajstić information content (AvgIpc) is 2.30. The average molecular weight is 231 g/mol. The van der Waals surface area contributed by atoms with E-state index < -0.39 is 0 Å². The second kappa shape index (κ2) is 4.71. The fraction of sp³-hybridized carbons (Fsp3) is 0.200. The predicted octanol–water partition coefficient (Wildman–Crippen LogP) is 5.13. The summed E-state index contributed by atoms with van der Waals surface area (Å²) < 4.78 is 0. The van der Waals surface area contributed by atoms with Crippen LogP contribution in [0.3, 0.4) is 0 Å². The fourth-order valence-electron chi connectivity index (χ4n) is 1.74. The Balaban J connectivity index is 2.39. The molecule has 16 heavy (non-hydrogen) atoms. The molecule has 0 atom stereocenters. The van der Waals surface area contributed by atoms with Crippen molar-refractivity contribution in [3.05, 3.63) is 59.1 Å². The van der Waals surface area contributed by atoms with Crippen LogP contribution in [-0.2, 0) is 0 Å². The Morgan fingerprint density at radius 2 is 1.50 bits per heavy atom. The summed E-state index contributed by atoms with van der Waals surface area (Å²) in [7, 11) is 0. The minimum atomic E-state index is 0.570. The number of benzene rings is 2. The van der Waals surface area contributed by atoms with E-state index >= 15 is 0 Å². The molecule has 0 spiro atoms. The lowest BCUT2D eigenvalue weighted by Gasteiger charge is -2.08. The maximum Gasteiger partial charge on any atom is 0.0484 e. The first-order valence-corrected chi connectivity index (χ1v) is 5.91. The second-order valence-electron chi connectivity index (χ2n) is 4.26. The summed E-state index contributed by atoms with van der Waals surface area (Å²) in [6.07, 6.45) is 0. The molecule has 0 bridgehead atoms. The zero-order valence-corrected chi connectivity index (χ0v) is 10.3. The minimum absolute atomic E-state index is 0.570. The smallest absolute Gasteiger partial charge is 0.0484 e. The summed E-state index contributed by atoms with van der Waals surface area (Å²) in [5, 5.41) is 0.805. The van der Waals surface area contributed by atoms with E-state index in [2.05, 4.69) is 38.1 Å². The molecule has 0 aliphatic heterocycles. The summed E-state index contributed by atoms with van der Waals surface area (Å²) in [6.45, 7) is 4.40. The van der Waals surface area contributed by atoms with Crippen LogP contribution < -0.4 is 0 Å². The van der Waals surface area contributed by atoms with Crippen LogP contribution in [0.25, 0.3) is 11.1 Å². The molecule has 0 aliphatic carbocycles. The highest BCUT2D eigenvalue weighted by Gasteiger charge is 2.03. The molecule has 0 saturated heterocycles. The Hall–Kier alpha value is -1.27. The van der Waals surface area contributed by atoms with E-state index in [0.717, 1.165) is 10.6 Å². The molecule has 0 unspecified atom stereocenters. The number of rotatable bonds is 2. The summed E-state index contributed by atoms with van der Waals surface area (Å²) in [6, 6.07) is 16.5. The molecule has 82 valence electrons. The van der Waals surface area contributed by atoms with Gasteiger partial charge in [0.2, 0.25) is 0 Å². The van der Waals surface area contributed by atoms with Crippen LogP contribution >= 0.6 is 11.6 Å². The first-order chi connectivity index (χ1) is 7.68. The van der Waals surface area contributed by atoms with E-state index in [-0.39, 0.29) is 0 Å². The van der Waals surface area contributed by atoms with Gasteiger partial charge in [-0.1, -0.05) is 67.9 Å². The van der Waals surface area contributed by atoms with E-state index in [1.807, 2.05) is 24.3 Å². The first kappa shape index (κ1) is 11.2. The lowest BCUT2D eigenvalue weighted by molar-refractivity contribution is 0.867. The quantitative estimate of drug-likeness (QED) is 0.671. The Bertz CT molecular complexity index is 469. The maximum atomic E-state index is 6.16. The first-order valence-electron chi connectivity index (χ1n) is 5.53. The molecular formula is C15H15Cl. The molecular weight excluding hydrogens is 216 g/mol. The highest BCUT2D eigenvalue weighted by molar-refractivity contribution is 6.33. The topological polar surface area (TPSA) is 0 Å². The molecule has 0 aromatic heterocycles. The monoisotopic (exact) mass is 230 g/mol. The van der Waals surface area contributed by atoms with Crippen molar-refractivity contribution in [3.63, 3.8) is 0 Å².